The Balaban J connectivity index is 0.711. The third-order valence-electron chi connectivity index (χ3n) is 13.1. The number of fused-ring (bicyclic) bond motifs is 1. The Hall–Kier alpha value is -7.37. The van der Waals surface area contributed by atoms with E-state index in [9.17, 15) is 33.6 Å². The number of ether oxygens (including phenoxy) is 4. The summed E-state index contributed by atoms with van der Waals surface area (Å²) in [6, 6.07) is 13.4. The van der Waals surface area contributed by atoms with Crippen LogP contribution in [0.4, 0.5) is 17.2 Å². The van der Waals surface area contributed by atoms with Gasteiger partial charge in [0.2, 0.25) is 17.7 Å². The van der Waals surface area contributed by atoms with Gasteiger partial charge in [-0.1, -0.05) is 6.07 Å². The molecule has 0 spiro atoms. The van der Waals surface area contributed by atoms with Gasteiger partial charge in [-0.3, -0.25) is 48.7 Å². The molecule has 76 heavy (non-hydrogen) atoms. The van der Waals surface area contributed by atoms with E-state index in [0.717, 1.165) is 65.8 Å². The fourth-order valence-corrected chi connectivity index (χ4v) is 9.19. The molecule has 5 heterocycles. The third kappa shape index (κ3) is 14.9. The van der Waals surface area contributed by atoms with Crippen LogP contribution in [0.15, 0.2) is 59.5 Å². The molecule has 2 aromatic carbocycles. The lowest BCUT2D eigenvalue weighted by Crippen LogP contribution is -2.54. The van der Waals surface area contributed by atoms with Gasteiger partial charge in [0.25, 0.3) is 23.3 Å². The van der Waals surface area contributed by atoms with Gasteiger partial charge < -0.3 is 55.5 Å². The first-order chi connectivity index (χ1) is 36.7. The van der Waals surface area contributed by atoms with E-state index in [0.29, 0.717) is 87.4 Å². The molecule has 0 bridgehead atoms. The minimum atomic E-state index is -1.03. The number of imide groups is 2. The number of aryl methyl sites for hydroxylation is 2. The highest BCUT2D eigenvalue weighted by Crippen LogP contribution is 2.33. The number of piperazine rings is 1. The lowest BCUT2D eigenvalue weighted by atomic mass is 9.97. The van der Waals surface area contributed by atoms with E-state index in [2.05, 4.69) is 41.4 Å². The first-order valence-corrected chi connectivity index (χ1v) is 25.7. The SMILES string of the molecule is Cc1cc(C)c(CNC(=O)c2cc(-c3ccc(N4CCN(CCNC(=O)CCOCCOCCOCCOCCNc5cccc6c5C(=O)N(C5CCC(=O)NC5=O)C6=O)CC4)nc3)cc(NC(C)C)c2C=N)c(=O)[nH]1. The zero-order chi connectivity index (χ0) is 54.1. The number of carbonyl (C=O) groups is 6. The summed E-state index contributed by atoms with van der Waals surface area (Å²) in [6.07, 6.45) is 3.35. The normalized spacial score (nSPS) is 15.7. The lowest BCUT2D eigenvalue weighted by molar-refractivity contribution is -0.136. The second-order valence-corrected chi connectivity index (χ2v) is 18.9. The molecule has 4 aromatic rings. The molecule has 2 saturated heterocycles. The van der Waals surface area contributed by atoms with Crippen molar-refractivity contribution in [1.82, 2.24) is 35.7 Å². The molecule has 1 unspecified atom stereocenters. The van der Waals surface area contributed by atoms with Gasteiger partial charge >= 0.3 is 0 Å². The molecule has 7 N–H and O–H groups in total. The van der Waals surface area contributed by atoms with Crippen molar-refractivity contribution in [3.05, 3.63) is 104 Å². The predicted octanol–water partition coefficient (Wildman–Crippen LogP) is 3.01. The van der Waals surface area contributed by atoms with Gasteiger partial charge in [0.05, 0.1) is 69.5 Å². The molecule has 1 atom stereocenters. The smallest absolute Gasteiger partial charge is 0.264 e. The van der Waals surface area contributed by atoms with Crippen LogP contribution in [0.25, 0.3) is 11.1 Å². The van der Waals surface area contributed by atoms with Crippen molar-refractivity contribution in [2.75, 3.05) is 114 Å². The highest BCUT2D eigenvalue weighted by molar-refractivity contribution is 6.25. The maximum atomic E-state index is 13.7. The Morgan fingerprint density at radius 1 is 0.816 bits per heavy atom. The van der Waals surface area contributed by atoms with Gasteiger partial charge in [0, 0.05) is 117 Å². The fourth-order valence-electron chi connectivity index (χ4n) is 9.19. The molecule has 22 nitrogen and oxygen atoms in total. The molecular weight excluding hydrogens is 979 g/mol. The second-order valence-electron chi connectivity index (χ2n) is 18.9. The van der Waals surface area contributed by atoms with Crippen LogP contribution in [-0.4, -0.2) is 172 Å². The number of hydrogen-bond donors (Lipinski definition) is 7. The van der Waals surface area contributed by atoms with E-state index in [1.807, 2.05) is 52.0 Å². The average Bonchev–Trinajstić information content (AvgIpc) is 3.72. The van der Waals surface area contributed by atoms with Crippen molar-refractivity contribution >= 4 is 58.9 Å². The molecule has 406 valence electrons. The van der Waals surface area contributed by atoms with Gasteiger partial charge in [0.15, 0.2) is 0 Å². The first-order valence-electron chi connectivity index (χ1n) is 25.7. The number of anilines is 3. The predicted molar refractivity (Wildman–Crippen MR) is 285 cm³/mol. The van der Waals surface area contributed by atoms with Crippen LogP contribution in [0, 0.1) is 19.3 Å². The number of piperidine rings is 1. The summed E-state index contributed by atoms with van der Waals surface area (Å²) in [5, 5.41) is 22.8. The molecule has 2 fully saturated rings. The molecule has 7 rings (SSSR count). The van der Waals surface area contributed by atoms with Crippen LogP contribution in [0.3, 0.4) is 0 Å². The van der Waals surface area contributed by atoms with Crippen LogP contribution >= 0.6 is 0 Å². The topological polar surface area (TPSA) is 279 Å². The first kappa shape index (κ1) is 56.4. The quantitative estimate of drug-likeness (QED) is 0.0245. The van der Waals surface area contributed by atoms with Crippen LogP contribution in [0.2, 0.25) is 0 Å². The number of H-pyrrole nitrogens is 1. The second kappa shape index (κ2) is 27.4. The van der Waals surface area contributed by atoms with Gasteiger partial charge in [-0.15, -0.1) is 0 Å². The van der Waals surface area contributed by atoms with Gasteiger partial charge in [-0.05, 0) is 87.7 Å². The maximum absolute atomic E-state index is 13.7. The number of rotatable bonds is 28. The largest absolute Gasteiger partial charge is 0.382 e. The van der Waals surface area contributed by atoms with Crippen molar-refractivity contribution in [3.63, 3.8) is 0 Å². The number of aromatic amines is 1. The summed E-state index contributed by atoms with van der Waals surface area (Å²) < 4.78 is 22.3. The van der Waals surface area contributed by atoms with Crippen LogP contribution in [0.5, 0.6) is 0 Å². The molecule has 0 radical (unpaired) electrons. The number of nitrogens with one attached hydrogen (secondary N) is 7. The molecule has 3 aliphatic rings. The molecular formula is C54H69N11O11. The van der Waals surface area contributed by atoms with Crippen molar-refractivity contribution in [2.45, 2.75) is 65.6 Å². The summed E-state index contributed by atoms with van der Waals surface area (Å²) in [6.45, 7) is 15.2. The van der Waals surface area contributed by atoms with Crippen LogP contribution in [-0.2, 0) is 39.9 Å². The van der Waals surface area contributed by atoms with Gasteiger partial charge in [-0.2, -0.15) is 0 Å². The van der Waals surface area contributed by atoms with Crippen molar-refractivity contribution < 1.29 is 47.7 Å². The highest BCUT2D eigenvalue weighted by atomic mass is 16.6. The zero-order valence-electron chi connectivity index (χ0n) is 43.6. The highest BCUT2D eigenvalue weighted by Gasteiger charge is 2.45. The number of amides is 6. The fraction of sp³-hybridized carbons (Fsp3) is 0.463. The number of nitrogens with zero attached hydrogens (tertiary/aromatic N) is 4. The van der Waals surface area contributed by atoms with Gasteiger partial charge in [0.1, 0.15) is 11.9 Å². The van der Waals surface area contributed by atoms with E-state index in [4.69, 9.17) is 29.3 Å². The Bertz CT molecular complexity index is 2790. The Labute approximate surface area is 441 Å². The number of aromatic nitrogens is 2. The zero-order valence-corrected chi connectivity index (χ0v) is 43.6. The summed E-state index contributed by atoms with van der Waals surface area (Å²) in [7, 11) is 0. The molecule has 0 saturated carbocycles. The minimum absolute atomic E-state index is 0.0416. The van der Waals surface area contributed by atoms with E-state index < -0.39 is 35.6 Å². The molecule has 3 aliphatic heterocycles. The number of pyridine rings is 2. The van der Waals surface area contributed by atoms with Crippen molar-refractivity contribution in [3.8, 4) is 11.1 Å². The standard InChI is InChI=1S/C54H69N11O11/c1-34(2)60-44-30-38(29-40(41(44)31-55)50(68)59-33-42-35(3)28-36(4)61-51(42)69)37-8-10-46(58-32-37)64-18-16-63(17-19-64)15-13-57-47(66)12-20-73-22-24-75-26-27-76-25-23-74-21-14-56-43-7-5-6-39-49(43)54(72)65(53(39)71)45-9-11-48(67)62-52(45)70/h5-8,10,28-32,34,45,55-56,60H,9,11-27,33H2,1-4H3,(H,57,66)(H,59,68)(H,61,69)(H,62,67,70). The average molecular weight is 1050 g/mol. The van der Waals surface area contributed by atoms with Crippen molar-refractivity contribution in [2.24, 2.45) is 0 Å². The lowest BCUT2D eigenvalue weighted by Gasteiger charge is -2.35. The number of hydrogen-bond acceptors (Lipinski definition) is 17. The van der Waals surface area contributed by atoms with Crippen molar-refractivity contribution in [1.29, 1.82) is 5.41 Å². The molecule has 6 amide bonds. The Kier molecular flexibility index (Phi) is 20.3. The summed E-state index contributed by atoms with van der Waals surface area (Å²) in [4.78, 5) is 102. The summed E-state index contributed by atoms with van der Waals surface area (Å²) >= 11 is 0. The third-order valence-corrected chi connectivity index (χ3v) is 13.1. The van der Waals surface area contributed by atoms with Gasteiger partial charge in [-0.25, -0.2) is 4.98 Å². The Morgan fingerprint density at radius 3 is 2.18 bits per heavy atom. The van der Waals surface area contributed by atoms with Crippen LogP contribution < -0.4 is 37.0 Å². The molecule has 0 aliphatic carbocycles. The Morgan fingerprint density at radius 2 is 1.53 bits per heavy atom. The summed E-state index contributed by atoms with van der Waals surface area (Å²) in [5.74, 6) is -1.85. The van der Waals surface area contributed by atoms with Crippen LogP contribution in [0.1, 0.15) is 86.6 Å². The van der Waals surface area contributed by atoms with E-state index in [1.54, 1.807) is 30.5 Å². The minimum Gasteiger partial charge on any atom is -0.382 e. The monoisotopic (exact) mass is 1050 g/mol. The number of carbonyl (C=O) groups excluding carboxylic acids is 6. The van der Waals surface area contributed by atoms with E-state index in [1.165, 1.54) is 6.21 Å². The molecule has 22 heteroatoms. The van der Waals surface area contributed by atoms with E-state index in [-0.39, 0.29) is 61.0 Å². The molecule has 2 aromatic heterocycles. The number of benzene rings is 2. The summed E-state index contributed by atoms with van der Waals surface area (Å²) in [5.41, 5.74) is 5.61. The maximum Gasteiger partial charge on any atom is 0.264 e. The van der Waals surface area contributed by atoms with E-state index >= 15 is 0 Å².